The highest BCUT2D eigenvalue weighted by Gasteiger charge is 2.27. The number of carbonyl (C=O) groups is 1. The van der Waals surface area contributed by atoms with Gasteiger partial charge in [-0.3, -0.25) is 4.79 Å². The molecule has 3 aliphatic rings. The van der Waals surface area contributed by atoms with Crippen LogP contribution in [0.2, 0.25) is 0 Å². The number of hydrogen-bond donors (Lipinski definition) is 1. The van der Waals surface area contributed by atoms with E-state index < -0.39 is 0 Å². The summed E-state index contributed by atoms with van der Waals surface area (Å²) in [6.07, 6.45) is 8.21. The van der Waals surface area contributed by atoms with E-state index in [1.165, 1.54) is 19.3 Å². The molecule has 4 nitrogen and oxygen atoms in total. The van der Waals surface area contributed by atoms with Crippen molar-refractivity contribution in [3.63, 3.8) is 0 Å². The van der Waals surface area contributed by atoms with Gasteiger partial charge in [0.25, 0.3) is 0 Å². The smallest absolute Gasteiger partial charge is 0.222 e. The maximum atomic E-state index is 12.2. The van der Waals surface area contributed by atoms with Crippen LogP contribution in [-0.4, -0.2) is 49.7 Å². The first-order chi connectivity index (χ1) is 9.81. The quantitative estimate of drug-likeness (QED) is 0.806. The molecule has 1 atom stereocenters. The largest absolute Gasteiger partial charge is 0.378 e. The lowest BCUT2D eigenvalue weighted by Crippen LogP contribution is -2.41. The number of nitrogens with one attached hydrogen (secondary N) is 1. The average Bonchev–Trinajstić information content (AvgIpc) is 3.17. The van der Waals surface area contributed by atoms with Crippen LogP contribution in [0.1, 0.15) is 44.9 Å². The first-order valence-corrected chi connectivity index (χ1v) is 8.41. The number of ether oxygens (including phenoxy) is 1. The number of rotatable bonds is 6. The van der Waals surface area contributed by atoms with Crippen molar-refractivity contribution in [3.05, 3.63) is 0 Å². The fourth-order valence-electron chi connectivity index (χ4n) is 3.28. The lowest BCUT2D eigenvalue weighted by Gasteiger charge is -2.32. The fourth-order valence-corrected chi connectivity index (χ4v) is 3.28. The van der Waals surface area contributed by atoms with Crippen LogP contribution in [0.25, 0.3) is 0 Å². The fraction of sp³-hybridized carbons (Fsp3) is 0.938. The normalized spacial score (nSPS) is 28.0. The Morgan fingerprint density at radius 3 is 2.55 bits per heavy atom. The molecule has 1 unspecified atom stereocenters. The summed E-state index contributed by atoms with van der Waals surface area (Å²) in [7, 11) is 0. The molecule has 0 bridgehead atoms. The molecule has 20 heavy (non-hydrogen) atoms. The first-order valence-electron chi connectivity index (χ1n) is 8.41. The van der Waals surface area contributed by atoms with Crippen LogP contribution in [0, 0.1) is 11.8 Å². The minimum atomic E-state index is 0.359. The van der Waals surface area contributed by atoms with Crippen LogP contribution in [0.15, 0.2) is 0 Å². The van der Waals surface area contributed by atoms with Gasteiger partial charge in [0.15, 0.2) is 0 Å². The summed E-state index contributed by atoms with van der Waals surface area (Å²) in [5.74, 6) is 1.92. The van der Waals surface area contributed by atoms with Crippen molar-refractivity contribution >= 4 is 5.91 Å². The van der Waals surface area contributed by atoms with Gasteiger partial charge in [0, 0.05) is 26.1 Å². The molecule has 4 heteroatoms. The van der Waals surface area contributed by atoms with E-state index in [-0.39, 0.29) is 0 Å². The van der Waals surface area contributed by atoms with Crippen LogP contribution >= 0.6 is 0 Å². The third kappa shape index (κ3) is 4.19. The van der Waals surface area contributed by atoms with Crippen LogP contribution in [-0.2, 0) is 9.53 Å². The highest BCUT2D eigenvalue weighted by Crippen LogP contribution is 2.30. The van der Waals surface area contributed by atoms with Gasteiger partial charge in [-0.2, -0.15) is 0 Å². The van der Waals surface area contributed by atoms with E-state index in [4.69, 9.17) is 4.74 Å². The maximum absolute atomic E-state index is 12.2. The van der Waals surface area contributed by atoms with Gasteiger partial charge in [0.1, 0.15) is 0 Å². The van der Waals surface area contributed by atoms with E-state index in [9.17, 15) is 4.79 Å². The second-order valence-corrected chi connectivity index (χ2v) is 6.75. The zero-order valence-corrected chi connectivity index (χ0v) is 12.5. The van der Waals surface area contributed by atoms with E-state index in [2.05, 4.69) is 10.2 Å². The molecule has 0 aromatic rings. The van der Waals surface area contributed by atoms with Crippen LogP contribution < -0.4 is 5.32 Å². The molecule has 1 N–H and O–H groups in total. The van der Waals surface area contributed by atoms with E-state index in [1.54, 1.807) is 0 Å². The number of likely N-dealkylation sites (tertiary alicyclic amines) is 1. The van der Waals surface area contributed by atoms with Crippen molar-refractivity contribution in [2.24, 2.45) is 11.8 Å². The SMILES string of the molecule is O=C(CCC1CCNC1)N1CCC(OCC2CC2)CC1. The Labute approximate surface area is 122 Å². The monoisotopic (exact) mass is 280 g/mol. The van der Waals surface area contributed by atoms with Gasteiger partial charge in [-0.05, 0) is 63.5 Å². The molecule has 0 aromatic heterocycles. The zero-order valence-electron chi connectivity index (χ0n) is 12.5. The number of piperidine rings is 1. The van der Waals surface area contributed by atoms with Crippen LogP contribution in [0.3, 0.4) is 0 Å². The van der Waals surface area contributed by atoms with Crippen molar-refractivity contribution < 1.29 is 9.53 Å². The molecule has 2 heterocycles. The topological polar surface area (TPSA) is 41.6 Å². The Morgan fingerprint density at radius 2 is 1.90 bits per heavy atom. The highest BCUT2D eigenvalue weighted by molar-refractivity contribution is 5.76. The molecule has 1 saturated carbocycles. The molecule has 3 rings (SSSR count). The lowest BCUT2D eigenvalue weighted by molar-refractivity contribution is -0.134. The molecule has 1 amide bonds. The highest BCUT2D eigenvalue weighted by atomic mass is 16.5. The first kappa shape index (κ1) is 14.3. The molecule has 0 aromatic carbocycles. The van der Waals surface area contributed by atoms with Crippen molar-refractivity contribution in [1.82, 2.24) is 10.2 Å². The van der Waals surface area contributed by atoms with Crippen molar-refractivity contribution in [1.29, 1.82) is 0 Å². The molecule has 3 fully saturated rings. The molecule has 1 aliphatic carbocycles. The summed E-state index contributed by atoms with van der Waals surface area (Å²) in [6.45, 7) is 4.98. The van der Waals surface area contributed by atoms with Crippen LogP contribution in [0.5, 0.6) is 0 Å². The van der Waals surface area contributed by atoms with E-state index in [1.807, 2.05) is 0 Å². The number of nitrogens with zero attached hydrogens (tertiary/aromatic N) is 1. The predicted molar refractivity (Wildman–Crippen MR) is 78.5 cm³/mol. The minimum Gasteiger partial charge on any atom is -0.378 e. The Bertz CT molecular complexity index is 316. The Kier molecular flexibility index (Phi) is 4.94. The maximum Gasteiger partial charge on any atom is 0.222 e. The van der Waals surface area contributed by atoms with E-state index in [0.29, 0.717) is 12.0 Å². The Balaban J connectivity index is 1.30. The summed E-state index contributed by atoms with van der Waals surface area (Å²) in [5, 5.41) is 3.37. The van der Waals surface area contributed by atoms with Gasteiger partial charge < -0.3 is 15.0 Å². The third-order valence-electron chi connectivity index (χ3n) is 4.99. The van der Waals surface area contributed by atoms with Crippen molar-refractivity contribution in [2.45, 2.75) is 51.0 Å². The summed E-state index contributed by atoms with van der Waals surface area (Å²) in [6, 6.07) is 0. The predicted octanol–water partition coefficient (Wildman–Crippen LogP) is 1.79. The van der Waals surface area contributed by atoms with Gasteiger partial charge in [0.2, 0.25) is 5.91 Å². The van der Waals surface area contributed by atoms with E-state index in [0.717, 1.165) is 70.3 Å². The second kappa shape index (κ2) is 6.90. The molecule has 0 radical (unpaired) electrons. The van der Waals surface area contributed by atoms with Crippen molar-refractivity contribution in [3.8, 4) is 0 Å². The molecule has 2 saturated heterocycles. The molecule has 2 aliphatic heterocycles. The number of hydrogen-bond acceptors (Lipinski definition) is 3. The minimum absolute atomic E-state index is 0.359. The van der Waals surface area contributed by atoms with Gasteiger partial charge >= 0.3 is 0 Å². The van der Waals surface area contributed by atoms with Crippen LogP contribution in [0.4, 0.5) is 0 Å². The van der Waals surface area contributed by atoms with Gasteiger partial charge in [-0.15, -0.1) is 0 Å². The van der Waals surface area contributed by atoms with Crippen molar-refractivity contribution in [2.75, 3.05) is 32.8 Å². The average molecular weight is 280 g/mol. The summed E-state index contributed by atoms with van der Waals surface area (Å²) >= 11 is 0. The zero-order chi connectivity index (χ0) is 13.8. The second-order valence-electron chi connectivity index (χ2n) is 6.75. The van der Waals surface area contributed by atoms with Gasteiger partial charge in [-0.1, -0.05) is 0 Å². The summed E-state index contributed by atoms with van der Waals surface area (Å²) < 4.78 is 5.93. The number of carbonyl (C=O) groups excluding carboxylic acids is 1. The molecular formula is C16H28N2O2. The van der Waals surface area contributed by atoms with E-state index >= 15 is 0 Å². The van der Waals surface area contributed by atoms with Gasteiger partial charge in [0.05, 0.1) is 6.10 Å². The third-order valence-corrected chi connectivity index (χ3v) is 4.99. The summed E-state index contributed by atoms with van der Waals surface area (Å²) in [5.41, 5.74) is 0. The Hall–Kier alpha value is -0.610. The summed E-state index contributed by atoms with van der Waals surface area (Å²) in [4.78, 5) is 14.3. The van der Waals surface area contributed by atoms with Gasteiger partial charge in [-0.25, -0.2) is 0 Å². The molecule has 0 spiro atoms. The molecular weight excluding hydrogens is 252 g/mol. The number of amides is 1. The molecule has 114 valence electrons. The standard InChI is InChI=1S/C16H28N2O2/c19-16(4-3-13-5-8-17-11-13)18-9-6-15(7-10-18)20-12-14-1-2-14/h13-15,17H,1-12H2. The lowest BCUT2D eigenvalue weighted by atomic mass is 10.0. The Morgan fingerprint density at radius 1 is 1.10 bits per heavy atom.